The number of nitrogens with two attached hydrogens (primary N) is 1. The largest absolute Gasteiger partial charge is 0.301 e. The van der Waals surface area contributed by atoms with Crippen molar-refractivity contribution in [1.82, 2.24) is 4.31 Å². The molecule has 0 saturated heterocycles. The van der Waals surface area contributed by atoms with Gasteiger partial charge >= 0.3 is 10.2 Å². The molecule has 9 heteroatoms. The Morgan fingerprint density at radius 1 is 1.11 bits per heavy atom. The van der Waals surface area contributed by atoms with Gasteiger partial charge in [0.1, 0.15) is 0 Å². The number of nitrogens with one attached hydrogen (secondary N) is 1. The summed E-state index contributed by atoms with van der Waals surface area (Å²) in [6, 6.07) is 4.96. The van der Waals surface area contributed by atoms with E-state index in [1.807, 2.05) is 0 Å². The van der Waals surface area contributed by atoms with E-state index in [0.29, 0.717) is 0 Å². The molecule has 0 fully saturated rings. The molecular weight excluding hydrogens is 290 g/mol. The van der Waals surface area contributed by atoms with Crippen LogP contribution in [0.4, 0.5) is 5.69 Å². The first-order valence-electron chi connectivity index (χ1n) is 5.42. The van der Waals surface area contributed by atoms with E-state index < -0.39 is 20.2 Å². The maximum Gasteiger partial charge on any atom is 0.301 e. The minimum absolute atomic E-state index is 0.0762. The van der Waals surface area contributed by atoms with Crippen LogP contribution in [0.15, 0.2) is 29.2 Å². The van der Waals surface area contributed by atoms with Crippen molar-refractivity contribution in [1.29, 1.82) is 0 Å². The number of primary sulfonamides is 1. The molecule has 0 aliphatic carbocycles. The van der Waals surface area contributed by atoms with Crippen LogP contribution < -0.4 is 9.86 Å². The van der Waals surface area contributed by atoms with Gasteiger partial charge in [-0.05, 0) is 38.1 Å². The Balaban J connectivity index is 2.96. The monoisotopic (exact) mass is 307 g/mol. The van der Waals surface area contributed by atoms with Crippen LogP contribution in [0, 0.1) is 0 Å². The van der Waals surface area contributed by atoms with Crippen molar-refractivity contribution in [3.63, 3.8) is 0 Å². The molecule has 1 aromatic carbocycles. The van der Waals surface area contributed by atoms with Crippen molar-refractivity contribution in [2.75, 3.05) is 11.8 Å². The second-order valence-electron chi connectivity index (χ2n) is 4.29. The van der Waals surface area contributed by atoms with Crippen LogP contribution in [0.2, 0.25) is 0 Å². The molecule has 1 rings (SSSR count). The summed E-state index contributed by atoms with van der Waals surface area (Å²) in [6.07, 6.45) is 0. The van der Waals surface area contributed by atoms with Gasteiger partial charge in [-0.2, -0.15) is 12.7 Å². The van der Waals surface area contributed by atoms with E-state index in [1.54, 1.807) is 13.8 Å². The van der Waals surface area contributed by atoms with E-state index in [2.05, 4.69) is 4.72 Å². The summed E-state index contributed by atoms with van der Waals surface area (Å²) in [5, 5.41) is 4.95. The van der Waals surface area contributed by atoms with Crippen LogP contribution in [0.1, 0.15) is 13.8 Å². The minimum Gasteiger partial charge on any atom is -0.271 e. The molecule has 1 aromatic rings. The highest BCUT2D eigenvalue weighted by Crippen LogP contribution is 2.15. The van der Waals surface area contributed by atoms with Gasteiger partial charge in [-0.15, -0.1) is 0 Å². The van der Waals surface area contributed by atoms with Crippen molar-refractivity contribution < 1.29 is 16.8 Å². The molecule has 0 atom stereocenters. The highest BCUT2D eigenvalue weighted by Gasteiger charge is 2.20. The van der Waals surface area contributed by atoms with Crippen LogP contribution in [0.5, 0.6) is 0 Å². The Kier molecular flexibility index (Phi) is 4.56. The van der Waals surface area contributed by atoms with Gasteiger partial charge in [0.15, 0.2) is 0 Å². The highest BCUT2D eigenvalue weighted by molar-refractivity contribution is 7.90. The van der Waals surface area contributed by atoms with Gasteiger partial charge in [0.05, 0.1) is 4.90 Å². The van der Waals surface area contributed by atoms with Crippen molar-refractivity contribution in [3.05, 3.63) is 24.3 Å². The van der Waals surface area contributed by atoms with Crippen molar-refractivity contribution in [2.24, 2.45) is 5.14 Å². The molecule has 0 unspecified atom stereocenters. The number of sulfonamides is 1. The predicted octanol–water partition coefficient (Wildman–Crippen LogP) is 0.331. The lowest BCUT2D eigenvalue weighted by Crippen LogP contribution is -2.37. The van der Waals surface area contributed by atoms with Crippen molar-refractivity contribution in [3.8, 4) is 0 Å². The second kappa shape index (κ2) is 5.45. The smallest absolute Gasteiger partial charge is 0.271 e. The summed E-state index contributed by atoms with van der Waals surface area (Å²) >= 11 is 0. The Morgan fingerprint density at radius 2 is 1.58 bits per heavy atom. The van der Waals surface area contributed by atoms with Gasteiger partial charge in [0, 0.05) is 18.8 Å². The van der Waals surface area contributed by atoms with Crippen LogP contribution in [0.3, 0.4) is 0 Å². The SMILES string of the molecule is CC(C)N(C)S(=O)(=O)Nc1ccc(S(N)(=O)=O)cc1. The topological polar surface area (TPSA) is 110 Å². The summed E-state index contributed by atoms with van der Waals surface area (Å²) in [5.41, 5.74) is 0.264. The first kappa shape index (κ1) is 15.9. The van der Waals surface area contributed by atoms with Gasteiger partial charge in [-0.3, -0.25) is 4.72 Å². The summed E-state index contributed by atoms with van der Waals surface area (Å²) < 4.78 is 49.4. The van der Waals surface area contributed by atoms with Gasteiger partial charge in [-0.1, -0.05) is 0 Å². The molecule has 3 N–H and O–H groups in total. The van der Waals surface area contributed by atoms with E-state index in [4.69, 9.17) is 5.14 Å². The molecule has 108 valence electrons. The fourth-order valence-electron chi connectivity index (χ4n) is 1.21. The fraction of sp³-hybridized carbons (Fsp3) is 0.400. The average molecular weight is 307 g/mol. The number of nitrogens with zero attached hydrogens (tertiary/aromatic N) is 1. The number of rotatable bonds is 5. The Labute approximate surface area is 113 Å². The summed E-state index contributed by atoms with van der Waals surface area (Å²) in [7, 11) is -5.99. The molecule has 0 aliphatic rings. The van der Waals surface area contributed by atoms with Crippen LogP contribution in [-0.4, -0.2) is 34.2 Å². The third kappa shape index (κ3) is 4.16. The van der Waals surface area contributed by atoms with Crippen LogP contribution in [-0.2, 0) is 20.2 Å². The van der Waals surface area contributed by atoms with E-state index in [-0.39, 0.29) is 16.6 Å². The maximum atomic E-state index is 11.9. The Bertz CT molecular complexity index is 636. The molecule has 0 saturated carbocycles. The minimum atomic E-state index is -3.78. The lowest BCUT2D eigenvalue weighted by Gasteiger charge is -2.21. The molecule has 0 amide bonds. The molecule has 0 bridgehead atoms. The van der Waals surface area contributed by atoms with Gasteiger partial charge < -0.3 is 0 Å². The Hall–Kier alpha value is -1.16. The van der Waals surface area contributed by atoms with Gasteiger partial charge in [0.2, 0.25) is 10.0 Å². The molecule has 0 aromatic heterocycles. The standard InChI is InChI=1S/C10H17N3O4S2/c1-8(2)13(3)19(16,17)12-9-4-6-10(7-5-9)18(11,14)15/h4-8,12H,1-3H3,(H2,11,14,15). The first-order valence-corrected chi connectivity index (χ1v) is 8.41. The lowest BCUT2D eigenvalue weighted by molar-refractivity contribution is 0.414. The summed E-state index contributed by atoms with van der Waals surface area (Å²) in [4.78, 5) is -0.0762. The molecule has 19 heavy (non-hydrogen) atoms. The van der Waals surface area contributed by atoms with Crippen LogP contribution >= 0.6 is 0 Å². The molecular formula is C10H17N3O4S2. The van der Waals surface area contributed by atoms with E-state index in [0.717, 1.165) is 0 Å². The third-order valence-electron chi connectivity index (χ3n) is 2.54. The number of hydrogen-bond acceptors (Lipinski definition) is 4. The second-order valence-corrected chi connectivity index (χ2v) is 7.58. The molecule has 7 nitrogen and oxygen atoms in total. The number of benzene rings is 1. The normalized spacial score (nSPS) is 12.9. The quantitative estimate of drug-likeness (QED) is 0.816. The van der Waals surface area contributed by atoms with E-state index >= 15 is 0 Å². The zero-order chi connectivity index (χ0) is 14.8. The summed E-state index contributed by atoms with van der Waals surface area (Å²) in [6.45, 7) is 3.48. The van der Waals surface area contributed by atoms with Gasteiger partial charge in [0.25, 0.3) is 0 Å². The molecule has 0 spiro atoms. The fourth-order valence-corrected chi connectivity index (χ4v) is 2.86. The molecule has 0 heterocycles. The predicted molar refractivity (Wildman–Crippen MR) is 73.3 cm³/mol. The van der Waals surface area contributed by atoms with Crippen LogP contribution in [0.25, 0.3) is 0 Å². The summed E-state index contributed by atoms with van der Waals surface area (Å²) in [5.74, 6) is 0. The molecule has 0 radical (unpaired) electrons. The van der Waals surface area contributed by atoms with E-state index in [9.17, 15) is 16.8 Å². The highest BCUT2D eigenvalue weighted by atomic mass is 32.2. The number of anilines is 1. The zero-order valence-electron chi connectivity index (χ0n) is 10.9. The zero-order valence-corrected chi connectivity index (χ0v) is 12.5. The lowest BCUT2D eigenvalue weighted by atomic mass is 10.3. The third-order valence-corrected chi connectivity index (χ3v) is 5.14. The maximum absolute atomic E-state index is 11.9. The Morgan fingerprint density at radius 3 is 1.95 bits per heavy atom. The van der Waals surface area contributed by atoms with E-state index in [1.165, 1.54) is 35.6 Å². The van der Waals surface area contributed by atoms with Gasteiger partial charge in [-0.25, -0.2) is 13.6 Å². The average Bonchev–Trinajstić information content (AvgIpc) is 2.26. The molecule has 0 aliphatic heterocycles. The number of hydrogen-bond donors (Lipinski definition) is 2. The first-order chi connectivity index (χ1) is 8.54. The van der Waals surface area contributed by atoms with Crippen molar-refractivity contribution in [2.45, 2.75) is 24.8 Å². The van der Waals surface area contributed by atoms with Crippen molar-refractivity contribution >= 4 is 25.9 Å².